The summed E-state index contributed by atoms with van der Waals surface area (Å²) in [6, 6.07) is 5.26. The molecule has 1 saturated heterocycles. The molecule has 1 fully saturated rings. The summed E-state index contributed by atoms with van der Waals surface area (Å²) in [6.07, 6.45) is 3.79. The zero-order valence-corrected chi connectivity index (χ0v) is 16.2. The smallest absolute Gasteiger partial charge is 0.249 e. The fraction of sp³-hybridized carbons (Fsp3) is 0.444. The third-order valence-electron chi connectivity index (χ3n) is 4.26. The van der Waals surface area contributed by atoms with Crippen LogP contribution in [0, 0.1) is 0 Å². The molecule has 0 amide bonds. The summed E-state index contributed by atoms with van der Waals surface area (Å²) >= 11 is 12.4. The molecule has 1 aliphatic heterocycles. The van der Waals surface area contributed by atoms with Gasteiger partial charge in [-0.25, -0.2) is 9.67 Å². The molecule has 0 aliphatic carbocycles. The van der Waals surface area contributed by atoms with E-state index >= 15 is 0 Å². The number of benzene rings is 1. The molecule has 27 heavy (non-hydrogen) atoms. The molecule has 0 spiro atoms. The van der Waals surface area contributed by atoms with Gasteiger partial charge in [-0.2, -0.15) is 5.10 Å². The van der Waals surface area contributed by atoms with Crippen LogP contribution in [0.1, 0.15) is 19.1 Å². The topological polar surface area (TPSA) is 71.5 Å². The van der Waals surface area contributed by atoms with Crippen LogP contribution in [0.25, 0.3) is 11.0 Å². The Bertz CT molecular complexity index is 915. The van der Waals surface area contributed by atoms with Crippen molar-refractivity contribution in [2.45, 2.75) is 31.8 Å². The zero-order chi connectivity index (χ0) is 18.9. The summed E-state index contributed by atoms with van der Waals surface area (Å²) in [5, 5.41) is 5.90. The van der Waals surface area contributed by atoms with E-state index in [0.29, 0.717) is 41.2 Å². The van der Waals surface area contributed by atoms with E-state index in [4.69, 9.17) is 41.8 Å². The molecule has 0 N–H and O–H groups in total. The van der Waals surface area contributed by atoms with Gasteiger partial charge in [0.2, 0.25) is 5.79 Å². The fourth-order valence-corrected chi connectivity index (χ4v) is 3.64. The molecule has 0 radical (unpaired) electrons. The van der Waals surface area contributed by atoms with Crippen molar-refractivity contribution >= 4 is 34.2 Å². The Kier molecular flexibility index (Phi) is 5.39. The molecule has 0 bridgehead atoms. The van der Waals surface area contributed by atoms with E-state index in [-0.39, 0.29) is 12.6 Å². The van der Waals surface area contributed by atoms with Gasteiger partial charge in [-0.1, -0.05) is 30.1 Å². The molecule has 2 atom stereocenters. The maximum absolute atomic E-state index is 6.28. The molecule has 9 heteroatoms. The van der Waals surface area contributed by atoms with Gasteiger partial charge < -0.3 is 18.6 Å². The minimum absolute atomic E-state index is 0.215. The van der Waals surface area contributed by atoms with Gasteiger partial charge in [-0.3, -0.25) is 0 Å². The molecule has 1 aliphatic rings. The highest BCUT2D eigenvalue weighted by molar-refractivity contribution is 6.38. The highest BCUT2D eigenvalue weighted by Crippen LogP contribution is 2.40. The van der Waals surface area contributed by atoms with E-state index in [2.05, 4.69) is 17.0 Å². The maximum Gasteiger partial charge on any atom is 0.249 e. The lowest BCUT2D eigenvalue weighted by Gasteiger charge is -2.25. The van der Waals surface area contributed by atoms with Gasteiger partial charge in [0.05, 0.1) is 18.2 Å². The Morgan fingerprint density at radius 1 is 1.33 bits per heavy atom. The fourth-order valence-electron chi connectivity index (χ4n) is 3.09. The van der Waals surface area contributed by atoms with E-state index in [1.54, 1.807) is 23.1 Å². The molecule has 1 aromatic carbocycles. The maximum atomic E-state index is 6.28. The van der Waals surface area contributed by atoms with Crippen molar-refractivity contribution in [3.63, 3.8) is 0 Å². The molecule has 2 unspecified atom stereocenters. The van der Waals surface area contributed by atoms with Crippen LogP contribution in [0.15, 0.2) is 35.3 Å². The molecule has 7 nitrogen and oxygen atoms in total. The van der Waals surface area contributed by atoms with Gasteiger partial charge in [0.25, 0.3) is 0 Å². The first-order valence-electron chi connectivity index (χ1n) is 8.70. The quantitative estimate of drug-likeness (QED) is 0.546. The third kappa shape index (κ3) is 3.83. The second kappa shape index (κ2) is 7.77. The molecular formula is C18H19Cl2N3O4. The van der Waals surface area contributed by atoms with Gasteiger partial charge in [0.1, 0.15) is 25.3 Å². The third-order valence-corrected chi connectivity index (χ3v) is 4.76. The van der Waals surface area contributed by atoms with Gasteiger partial charge >= 0.3 is 0 Å². The van der Waals surface area contributed by atoms with Crippen molar-refractivity contribution < 1.29 is 18.6 Å². The summed E-state index contributed by atoms with van der Waals surface area (Å²) in [7, 11) is 0. The van der Waals surface area contributed by atoms with E-state index in [1.165, 1.54) is 6.33 Å². The van der Waals surface area contributed by atoms with E-state index < -0.39 is 5.79 Å². The van der Waals surface area contributed by atoms with Crippen molar-refractivity contribution in [2.24, 2.45) is 0 Å². The molecule has 3 heterocycles. The second-order valence-corrected chi connectivity index (χ2v) is 7.23. The molecule has 3 aromatic rings. The molecule has 2 aromatic heterocycles. The monoisotopic (exact) mass is 411 g/mol. The summed E-state index contributed by atoms with van der Waals surface area (Å²) < 4.78 is 25.6. The van der Waals surface area contributed by atoms with Crippen LogP contribution < -0.4 is 0 Å². The number of furan rings is 1. The van der Waals surface area contributed by atoms with Gasteiger partial charge in [-0.05, 0) is 24.6 Å². The average molecular weight is 412 g/mol. The number of fused-ring (bicyclic) bond motifs is 1. The molecule has 0 saturated carbocycles. The Labute approximate surface area is 166 Å². The van der Waals surface area contributed by atoms with Crippen molar-refractivity contribution in [3.05, 3.63) is 46.7 Å². The number of hydrogen-bond donors (Lipinski definition) is 0. The first-order valence-corrected chi connectivity index (χ1v) is 9.46. The predicted molar refractivity (Wildman–Crippen MR) is 99.9 cm³/mol. The van der Waals surface area contributed by atoms with Crippen molar-refractivity contribution in [1.29, 1.82) is 0 Å². The highest BCUT2D eigenvalue weighted by atomic mass is 35.5. The van der Waals surface area contributed by atoms with Crippen LogP contribution in [0.3, 0.4) is 0 Å². The lowest BCUT2D eigenvalue weighted by molar-refractivity contribution is -0.203. The van der Waals surface area contributed by atoms with E-state index in [1.807, 2.05) is 6.07 Å². The highest BCUT2D eigenvalue weighted by Gasteiger charge is 2.47. The molecular weight excluding hydrogens is 393 g/mol. The number of ether oxygens (including phenoxy) is 3. The van der Waals surface area contributed by atoms with Crippen LogP contribution in [0.5, 0.6) is 0 Å². The van der Waals surface area contributed by atoms with Crippen LogP contribution in [-0.4, -0.2) is 40.7 Å². The van der Waals surface area contributed by atoms with E-state index in [0.717, 1.165) is 11.8 Å². The van der Waals surface area contributed by atoms with Gasteiger partial charge in [0.15, 0.2) is 11.3 Å². The van der Waals surface area contributed by atoms with Crippen molar-refractivity contribution in [3.8, 4) is 0 Å². The Morgan fingerprint density at radius 2 is 2.22 bits per heavy atom. The number of halogens is 2. The Morgan fingerprint density at radius 3 is 3.00 bits per heavy atom. The Balaban J connectivity index is 1.67. The van der Waals surface area contributed by atoms with Crippen LogP contribution in [0.2, 0.25) is 10.0 Å². The molecule has 144 valence electrons. The second-order valence-electron chi connectivity index (χ2n) is 6.39. The van der Waals surface area contributed by atoms with E-state index in [9.17, 15) is 0 Å². The zero-order valence-electron chi connectivity index (χ0n) is 14.7. The van der Waals surface area contributed by atoms with Gasteiger partial charge in [0, 0.05) is 17.0 Å². The number of hydrogen-bond acceptors (Lipinski definition) is 6. The lowest BCUT2D eigenvalue weighted by atomic mass is 10.2. The van der Waals surface area contributed by atoms with Crippen LogP contribution in [0.4, 0.5) is 0 Å². The van der Waals surface area contributed by atoms with Crippen molar-refractivity contribution in [1.82, 2.24) is 14.8 Å². The van der Waals surface area contributed by atoms with Crippen molar-refractivity contribution in [2.75, 3.05) is 19.8 Å². The minimum atomic E-state index is -1.15. The predicted octanol–water partition coefficient (Wildman–Crippen LogP) is 4.03. The van der Waals surface area contributed by atoms with Gasteiger partial charge in [-0.15, -0.1) is 0 Å². The number of rotatable bonds is 7. The average Bonchev–Trinajstić information content (AvgIpc) is 3.36. The minimum Gasteiger partial charge on any atom is -0.454 e. The lowest BCUT2D eigenvalue weighted by Crippen LogP contribution is -2.34. The standard InChI is InChI=1S/C18H19Cl2N3O4/c1-2-3-24-7-14-8-25-18(27-14,9-23-11-21-10-22-23)16-5-12-4-13(19)6-15(20)17(12)26-16/h4-6,10-11,14H,2-3,7-9H2,1H3. The first kappa shape index (κ1) is 18.7. The van der Waals surface area contributed by atoms with Crippen LogP contribution in [-0.2, 0) is 26.5 Å². The summed E-state index contributed by atoms with van der Waals surface area (Å²) in [5.74, 6) is -0.655. The molecule has 4 rings (SSSR count). The summed E-state index contributed by atoms with van der Waals surface area (Å²) in [4.78, 5) is 3.98. The number of aromatic nitrogens is 3. The summed E-state index contributed by atoms with van der Waals surface area (Å²) in [6.45, 7) is 3.84. The Hall–Kier alpha value is -1.64. The summed E-state index contributed by atoms with van der Waals surface area (Å²) in [5.41, 5.74) is 0.534. The SMILES string of the molecule is CCCOCC1COC(Cn2cncn2)(c2cc3cc(Cl)cc(Cl)c3o2)O1. The largest absolute Gasteiger partial charge is 0.454 e. The van der Waals surface area contributed by atoms with Crippen LogP contribution >= 0.6 is 23.2 Å². The normalized spacial score (nSPS) is 22.7. The number of nitrogens with zero attached hydrogens (tertiary/aromatic N) is 3. The first-order chi connectivity index (χ1) is 13.1.